The number of amidine groups is 1. The zero-order valence-corrected chi connectivity index (χ0v) is 14.8. The second-order valence-electron chi connectivity index (χ2n) is 6.15. The number of aromatic nitrogens is 2. The molecule has 1 aliphatic rings. The molecule has 10 heteroatoms. The van der Waals surface area contributed by atoms with E-state index in [4.69, 9.17) is 22.1 Å². The maximum Gasteiger partial charge on any atom is 0.333 e. The number of rotatable bonds is 4. The van der Waals surface area contributed by atoms with Gasteiger partial charge in [-0.3, -0.25) is 4.99 Å². The van der Waals surface area contributed by atoms with E-state index < -0.39 is 17.9 Å². The van der Waals surface area contributed by atoms with Crippen LogP contribution in [-0.4, -0.2) is 35.9 Å². The van der Waals surface area contributed by atoms with Crippen LogP contribution >= 0.6 is 11.6 Å². The Balaban J connectivity index is 2.01. The number of aliphatic imine (C=N–C) groups is 1. The molecule has 0 radical (unpaired) electrons. The molecule has 26 heavy (non-hydrogen) atoms. The predicted molar refractivity (Wildman–Crippen MR) is 92.7 cm³/mol. The molecular formula is C16H17ClF3N5O. The van der Waals surface area contributed by atoms with Crippen molar-refractivity contribution in [1.29, 1.82) is 0 Å². The Morgan fingerprint density at radius 2 is 2.15 bits per heavy atom. The summed E-state index contributed by atoms with van der Waals surface area (Å²) >= 11 is 6.01. The van der Waals surface area contributed by atoms with Gasteiger partial charge >= 0.3 is 6.55 Å². The van der Waals surface area contributed by atoms with E-state index in [9.17, 15) is 13.2 Å². The average molecular weight is 388 g/mol. The maximum absolute atomic E-state index is 14.5. The van der Waals surface area contributed by atoms with E-state index in [2.05, 4.69) is 10.1 Å². The summed E-state index contributed by atoms with van der Waals surface area (Å²) < 4.78 is 45.9. The van der Waals surface area contributed by atoms with Gasteiger partial charge in [-0.05, 0) is 25.1 Å². The predicted octanol–water partition coefficient (Wildman–Crippen LogP) is 3.44. The van der Waals surface area contributed by atoms with E-state index in [1.807, 2.05) is 0 Å². The van der Waals surface area contributed by atoms with Gasteiger partial charge in [0.25, 0.3) is 0 Å². The number of nitrogens with two attached hydrogens (primary N) is 1. The van der Waals surface area contributed by atoms with Crippen LogP contribution in [0.5, 0.6) is 0 Å². The van der Waals surface area contributed by atoms with Crippen LogP contribution in [-0.2, 0) is 10.3 Å². The van der Waals surface area contributed by atoms with Crippen molar-refractivity contribution in [3.05, 3.63) is 40.8 Å². The topological polar surface area (TPSA) is 68.7 Å². The molecule has 140 valence electrons. The quantitative estimate of drug-likeness (QED) is 0.872. The van der Waals surface area contributed by atoms with Crippen LogP contribution in [0.1, 0.15) is 19.0 Å². The summed E-state index contributed by atoms with van der Waals surface area (Å²) in [5.41, 5.74) is 5.51. The first kappa shape index (κ1) is 18.5. The fourth-order valence-electron chi connectivity index (χ4n) is 2.82. The van der Waals surface area contributed by atoms with Gasteiger partial charge in [0.2, 0.25) is 0 Å². The Hall–Kier alpha value is -2.26. The first-order valence-electron chi connectivity index (χ1n) is 7.70. The lowest BCUT2D eigenvalue weighted by Crippen LogP contribution is -2.38. The highest BCUT2D eigenvalue weighted by atomic mass is 35.5. The Labute approximate surface area is 153 Å². The van der Waals surface area contributed by atoms with Crippen LogP contribution in [0.4, 0.5) is 24.7 Å². The molecule has 0 bridgehead atoms. The van der Waals surface area contributed by atoms with E-state index in [-0.39, 0.29) is 35.5 Å². The van der Waals surface area contributed by atoms with E-state index in [0.717, 1.165) is 6.20 Å². The van der Waals surface area contributed by atoms with Crippen LogP contribution < -0.4 is 10.6 Å². The van der Waals surface area contributed by atoms with E-state index in [1.165, 1.54) is 17.0 Å². The number of ether oxygens (including phenoxy) is 1. The maximum atomic E-state index is 14.5. The standard InChI is InChI=1S/C16H17ClF3N5O/c1-16(8-26-7-13(21)22-16)10-5-9(3-4-12(10)18)24(2)14-11(17)6-25(23-14)15(19)20/h3-6,15H,7-8H2,1-2H3,(H2,21,22)/t16-/m0/s1. The summed E-state index contributed by atoms with van der Waals surface area (Å²) in [5, 5.41) is 3.82. The van der Waals surface area contributed by atoms with Gasteiger partial charge in [-0.25, -0.2) is 9.07 Å². The normalized spacial score (nSPS) is 20.3. The number of hydrogen-bond donors (Lipinski definition) is 1. The Morgan fingerprint density at radius 3 is 2.77 bits per heavy atom. The highest BCUT2D eigenvalue weighted by Crippen LogP contribution is 2.36. The Bertz CT molecular complexity index is 856. The molecule has 2 heterocycles. The third kappa shape index (κ3) is 3.36. The molecule has 0 amide bonds. The minimum absolute atomic E-state index is 0.0492. The number of halogens is 4. The van der Waals surface area contributed by atoms with Crippen molar-refractivity contribution in [2.75, 3.05) is 25.2 Å². The molecule has 1 aromatic heterocycles. The molecule has 1 atom stereocenters. The van der Waals surface area contributed by atoms with Crippen LogP contribution in [0.15, 0.2) is 29.4 Å². The molecule has 0 spiro atoms. The van der Waals surface area contributed by atoms with E-state index in [1.54, 1.807) is 20.0 Å². The van der Waals surface area contributed by atoms with Crippen molar-refractivity contribution in [2.45, 2.75) is 19.0 Å². The molecule has 1 aliphatic heterocycles. The third-order valence-corrected chi connectivity index (χ3v) is 4.39. The number of nitrogens with zero attached hydrogens (tertiary/aromatic N) is 4. The van der Waals surface area contributed by atoms with Gasteiger partial charge in [-0.1, -0.05) is 11.6 Å². The summed E-state index contributed by atoms with van der Waals surface area (Å²) in [6.45, 7) is -0.746. The largest absolute Gasteiger partial charge is 0.386 e. The molecule has 6 nitrogen and oxygen atoms in total. The first-order chi connectivity index (χ1) is 12.2. The van der Waals surface area contributed by atoms with Gasteiger partial charge < -0.3 is 15.4 Å². The lowest BCUT2D eigenvalue weighted by molar-refractivity contribution is 0.0568. The fourth-order valence-corrected chi connectivity index (χ4v) is 3.08. The zero-order valence-electron chi connectivity index (χ0n) is 14.1. The van der Waals surface area contributed by atoms with Gasteiger partial charge in [0.05, 0.1) is 12.8 Å². The molecule has 0 saturated heterocycles. The van der Waals surface area contributed by atoms with Gasteiger partial charge in [0.1, 0.15) is 28.8 Å². The van der Waals surface area contributed by atoms with E-state index in [0.29, 0.717) is 10.4 Å². The third-order valence-electron chi connectivity index (χ3n) is 4.13. The molecular weight excluding hydrogens is 371 g/mol. The number of hydrogen-bond acceptors (Lipinski definition) is 5. The molecule has 2 aromatic rings. The molecule has 0 aliphatic carbocycles. The van der Waals surface area contributed by atoms with Crippen molar-refractivity contribution in [1.82, 2.24) is 9.78 Å². The molecule has 0 unspecified atom stereocenters. The van der Waals surface area contributed by atoms with E-state index >= 15 is 0 Å². The van der Waals surface area contributed by atoms with Crippen LogP contribution in [0.2, 0.25) is 5.02 Å². The van der Waals surface area contributed by atoms with Crippen molar-refractivity contribution in [2.24, 2.45) is 10.7 Å². The fraction of sp³-hybridized carbons (Fsp3) is 0.375. The van der Waals surface area contributed by atoms with Gasteiger partial charge in [0.15, 0.2) is 5.82 Å². The molecule has 0 saturated carbocycles. The lowest BCUT2D eigenvalue weighted by Gasteiger charge is -2.31. The van der Waals surface area contributed by atoms with Crippen molar-refractivity contribution in [3.63, 3.8) is 0 Å². The number of alkyl halides is 2. The smallest absolute Gasteiger partial charge is 0.333 e. The monoisotopic (exact) mass is 387 g/mol. The van der Waals surface area contributed by atoms with Gasteiger partial charge in [0, 0.05) is 18.3 Å². The minimum Gasteiger partial charge on any atom is -0.386 e. The van der Waals surface area contributed by atoms with Crippen molar-refractivity contribution in [3.8, 4) is 0 Å². The lowest BCUT2D eigenvalue weighted by atomic mass is 9.91. The first-order valence-corrected chi connectivity index (χ1v) is 8.07. The number of benzene rings is 1. The molecule has 1 aromatic carbocycles. The van der Waals surface area contributed by atoms with Crippen LogP contribution in [0.3, 0.4) is 0 Å². The minimum atomic E-state index is -2.81. The van der Waals surface area contributed by atoms with Crippen molar-refractivity contribution < 1.29 is 17.9 Å². The summed E-state index contributed by atoms with van der Waals surface area (Å²) in [6, 6.07) is 4.32. The SMILES string of the molecule is CN(c1ccc(F)c([C@]2(C)COCC(N)=N2)c1)c1nn(C(F)F)cc1Cl. The molecule has 0 fully saturated rings. The number of anilines is 2. The second kappa shape index (κ2) is 6.81. The van der Waals surface area contributed by atoms with Crippen LogP contribution in [0.25, 0.3) is 0 Å². The molecule has 3 rings (SSSR count). The van der Waals surface area contributed by atoms with Gasteiger partial charge in [-0.15, -0.1) is 5.10 Å². The Morgan fingerprint density at radius 1 is 1.42 bits per heavy atom. The summed E-state index contributed by atoms with van der Waals surface area (Å²) in [6.07, 6.45) is 1.03. The zero-order chi connectivity index (χ0) is 19.1. The molecule has 2 N–H and O–H groups in total. The highest BCUT2D eigenvalue weighted by molar-refractivity contribution is 6.33. The summed E-state index contributed by atoms with van der Waals surface area (Å²) in [4.78, 5) is 5.82. The average Bonchev–Trinajstić information content (AvgIpc) is 2.96. The summed E-state index contributed by atoms with van der Waals surface area (Å²) in [5.74, 6) is -0.0795. The highest BCUT2D eigenvalue weighted by Gasteiger charge is 2.33. The summed E-state index contributed by atoms with van der Waals surface area (Å²) in [7, 11) is 1.60. The van der Waals surface area contributed by atoms with Crippen LogP contribution in [0, 0.1) is 5.82 Å². The second-order valence-corrected chi connectivity index (χ2v) is 6.56. The van der Waals surface area contributed by atoms with Crippen molar-refractivity contribution >= 4 is 28.9 Å². The Kier molecular flexibility index (Phi) is 4.85. The van der Waals surface area contributed by atoms with Gasteiger partial charge in [-0.2, -0.15) is 8.78 Å².